The minimum absolute atomic E-state index is 0.121. The van der Waals surface area contributed by atoms with E-state index in [1.54, 1.807) is 4.90 Å². The second-order valence-corrected chi connectivity index (χ2v) is 6.18. The van der Waals surface area contributed by atoms with Crippen molar-refractivity contribution >= 4 is 17.3 Å². The molecule has 4 nitrogen and oxygen atoms in total. The van der Waals surface area contributed by atoms with Crippen LogP contribution in [0.25, 0.3) is 0 Å². The molecule has 1 aromatic carbocycles. The highest BCUT2D eigenvalue weighted by Crippen LogP contribution is 2.24. The Balaban J connectivity index is 1.99. The molecule has 1 saturated carbocycles. The Morgan fingerprint density at radius 2 is 1.90 bits per heavy atom. The molecule has 0 radical (unpaired) electrons. The van der Waals surface area contributed by atoms with Crippen LogP contribution in [0.5, 0.6) is 0 Å². The summed E-state index contributed by atoms with van der Waals surface area (Å²) in [5.41, 5.74) is 3.31. The smallest absolute Gasteiger partial charge is 0.240 e. The number of aryl methyl sites for hydroxylation is 1. The third kappa shape index (κ3) is 3.97. The summed E-state index contributed by atoms with van der Waals surface area (Å²) in [4.78, 5) is 16.1. The average Bonchev–Trinajstić information content (AvgIpc) is 2.97. The molecule has 2 rings (SSSR count). The molecule has 21 heavy (non-hydrogen) atoms. The molecular formula is C17H27N3O. The number of hydrogen-bond donors (Lipinski definition) is 1. The number of carbonyl (C=O) groups is 1. The van der Waals surface area contributed by atoms with Crippen LogP contribution in [0.3, 0.4) is 0 Å². The molecule has 0 saturated heterocycles. The van der Waals surface area contributed by atoms with Crippen LogP contribution in [0.15, 0.2) is 18.2 Å². The van der Waals surface area contributed by atoms with Crippen LogP contribution in [0.1, 0.15) is 31.2 Å². The van der Waals surface area contributed by atoms with Crippen LogP contribution < -0.4 is 15.1 Å². The predicted octanol–water partition coefficient (Wildman–Crippen LogP) is 2.56. The first-order valence-electron chi connectivity index (χ1n) is 7.77. The second-order valence-electron chi connectivity index (χ2n) is 6.18. The fourth-order valence-electron chi connectivity index (χ4n) is 2.91. The van der Waals surface area contributed by atoms with Crippen molar-refractivity contribution in [2.45, 2.75) is 38.6 Å². The largest absolute Gasteiger partial charge is 0.377 e. The van der Waals surface area contributed by atoms with Gasteiger partial charge in [0.2, 0.25) is 5.91 Å². The molecule has 0 aromatic heterocycles. The van der Waals surface area contributed by atoms with Crippen molar-refractivity contribution < 1.29 is 4.79 Å². The van der Waals surface area contributed by atoms with E-state index in [0.29, 0.717) is 12.6 Å². The standard InChI is InChI=1S/C17H27N3O/c1-13-9-10-15(11-16(13)19(2)3)20(4)17(21)12-18-14-7-5-6-8-14/h9-11,14,18H,5-8,12H2,1-4H3. The molecule has 0 spiro atoms. The SMILES string of the molecule is Cc1ccc(N(C)C(=O)CNC2CCCC2)cc1N(C)C. The topological polar surface area (TPSA) is 35.6 Å². The van der Waals surface area contributed by atoms with Gasteiger partial charge >= 0.3 is 0 Å². The zero-order valence-corrected chi connectivity index (χ0v) is 13.6. The third-order valence-corrected chi connectivity index (χ3v) is 4.33. The highest BCUT2D eigenvalue weighted by molar-refractivity contribution is 5.94. The molecule has 1 N–H and O–H groups in total. The predicted molar refractivity (Wildman–Crippen MR) is 89.2 cm³/mol. The molecule has 4 heteroatoms. The van der Waals surface area contributed by atoms with Gasteiger partial charge in [-0.15, -0.1) is 0 Å². The molecule has 0 bridgehead atoms. The van der Waals surface area contributed by atoms with E-state index < -0.39 is 0 Å². The van der Waals surface area contributed by atoms with Gasteiger partial charge in [0.05, 0.1) is 6.54 Å². The van der Waals surface area contributed by atoms with Crippen molar-refractivity contribution in [3.63, 3.8) is 0 Å². The number of carbonyl (C=O) groups excluding carboxylic acids is 1. The Bertz CT molecular complexity index is 493. The minimum atomic E-state index is 0.121. The Kier molecular flexibility index (Phi) is 5.23. The second kappa shape index (κ2) is 6.94. The van der Waals surface area contributed by atoms with E-state index in [1.807, 2.05) is 27.2 Å². The summed E-state index contributed by atoms with van der Waals surface area (Å²) < 4.78 is 0. The maximum atomic E-state index is 12.3. The van der Waals surface area contributed by atoms with Gasteiger partial charge in [-0.3, -0.25) is 4.79 Å². The van der Waals surface area contributed by atoms with Gasteiger partial charge in [0.1, 0.15) is 0 Å². The van der Waals surface area contributed by atoms with Gasteiger partial charge in [0.25, 0.3) is 0 Å². The monoisotopic (exact) mass is 289 g/mol. The molecule has 1 fully saturated rings. The van der Waals surface area contributed by atoms with Crippen molar-refractivity contribution in [1.82, 2.24) is 5.32 Å². The first-order chi connectivity index (χ1) is 9.99. The van der Waals surface area contributed by atoms with E-state index in [4.69, 9.17) is 0 Å². The van der Waals surface area contributed by atoms with E-state index in [-0.39, 0.29) is 5.91 Å². The fourth-order valence-corrected chi connectivity index (χ4v) is 2.91. The highest BCUT2D eigenvalue weighted by Gasteiger charge is 2.17. The molecule has 0 aliphatic heterocycles. The molecule has 1 aromatic rings. The number of nitrogens with zero attached hydrogens (tertiary/aromatic N) is 2. The first-order valence-corrected chi connectivity index (χ1v) is 7.77. The lowest BCUT2D eigenvalue weighted by Crippen LogP contribution is -2.39. The van der Waals surface area contributed by atoms with Crippen LogP contribution in [0.2, 0.25) is 0 Å². The molecule has 0 atom stereocenters. The van der Waals surface area contributed by atoms with Crippen molar-refractivity contribution in [2.24, 2.45) is 0 Å². The maximum Gasteiger partial charge on any atom is 0.240 e. The Hall–Kier alpha value is -1.55. The van der Waals surface area contributed by atoms with Gasteiger partial charge in [-0.25, -0.2) is 0 Å². The number of amides is 1. The van der Waals surface area contributed by atoms with Crippen molar-refractivity contribution in [3.05, 3.63) is 23.8 Å². The number of benzene rings is 1. The summed E-state index contributed by atoms with van der Waals surface area (Å²) in [6.45, 7) is 2.51. The number of hydrogen-bond acceptors (Lipinski definition) is 3. The van der Waals surface area contributed by atoms with Crippen LogP contribution in [-0.2, 0) is 4.79 Å². The molecule has 1 aliphatic rings. The van der Waals surface area contributed by atoms with Crippen molar-refractivity contribution in [3.8, 4) is 0 Å². The summed E-state index contributed by atoms with van der Waals surface area (Å²) in [5, 5.41) is 3.38. The zero-order chi connectivity index (χ0) is 15.4. The van der Waals surface area contributed by atoms with E-state index in [0.717, 1.165) is 11.4 Å². The normalized spacial score (nSPS) is 15.2. The maximum absolute atomic E-state index is 12.3. The van der Waals surface area contributed by atoms with E-state index in [2.05, 4.69) is 29.3 Å². The summed E-state index contributed by atoms with van der Waals surface area (Å²) in [5.74, 6) is 0.121. The van der Waals surface area contributed by atoms with Crippen molar-refractivity contribution in [2.75, 3.05) is 37.5 Å². The van der Waals surface area contributed by atoms with Gasteiger partial charge in [-0.1, -0.05) is 18.9 Å². The molecule has 1 amide bonds. The average molecular weight is 289 g/mol. The molecular weight excluding hydrogens is 262 g/mol. The van der Waals surface area contributed by atoms with E-state index in [1.165, 1.54) is 31.2 Å². The quantitative estimate of drug-likeness (QED) is 0.905. The van der Waals surface area contributed by atoms with Crippen molar-refractivity contribution in [1.29, 1.82) is 0 Å². The van der Waals surface area contributed by atoms with Gasteiger partial charge in [0.15, 0.2) is 0 Å². The number of anilines is 2. The Morgan fingerprint density at radius 1 is 1.24 bits per heavy atom. The number of nitrogens with one attached hydrogen (secondary N) is 1. The lowest BCUT2D eigenvalue weighted by molar-refractivity contribution is -0.117. The lowest BCUT2D eigenvalue weighted by Gasteiger charge is -2.22. The Morgan fingerprint density at radius 3 is 2.52 bits per heavy atom. The van der Waals surface area contributed by atoms with E-state index >= 15 is 0 Å². The van der Waals surface area contributed by atoms with Gasteiger partial charge in [-0.05, 0) is 37.5 Å². The number of rotatable bonds is 5. The molecule has 1 aliphatic carbocycles. The van der Waals surface area contributed by atoms with Crippen LogP contribution >= 0.6 is 0 Å². The summed E-state index contributed by atoms with van der Waals surface area (Å²) >= 11 is 0. The van der Waals surface area contributed by atoms with E-state index in [9.17, 15) is 4.79 Å². The Labute approximate surface area is 128 Å². The first kappa shape index (κ1) is 15.8. The summed E-state index contributed by atoms with van der Waals surface area (Å²) in [6.07, 6.45) is 4.97. The molecule has 116 valence electrons. The zero-order valence-electron chi connectivity index (χ0n) is 13.6. The molecule has 0 unspecified atom stereocenters. The van der Waals surface area contributed by atoms with Gasteiger partial charge < -0.3 is 15.1 Å². The summed E-state index contributed by atoms with van der Waals surface area (Å²) in [7, 11) is 5.90. The van der Waals surface area contributed by atoms with Crippen LogP contribution in [0, 0.1) is 6.92 Å². The van der Waals surface area contributed by atoms with Gasteiger partial charge in [-0.2, -0.15) is 0 Å². The fraction of sp³-hybridized carbons (Fsp3) is 0.588. The summed E-state index contributed by atoms with van der Waals surface area (Å²) in [6, 6.07) is 6.68. The highest BCUT2D eigenvalue weighted by atomic mass is 16.2. The van der Waals surface area contributed by atoms with Crippen LogP contribution in [-0.4, -0.2) is 39.6 Å². The number of likely N-dealkylation sites (N-methyl/N-ethyl adjacent to an activating group) is 1. The van der Waals surface area contributed by atoms with Gasteiger partial charge in [0, 0.05) is 38.6 Å². The van der Waals surface area contributed by atoms with Crippen LogP contribution in [0.4, 0.5) is 11.4 Å². The molecule has 0 heterocycles. The third-order valence-electron chi connectivity index (χ3n) is 4.33. The minimum Gasteiger partial charge on any atom is -0.377 e. The lowest BCUT2D eigenvalue weighted by atomic mass is 10.1.